The SMILES string of the molecule is O=C(O)CCCC1CCN(c2nc(-c3ccc(Cl)c(F)c3F)nc3c2CCC3)CC1. The maximum atomic E-state index is 14.5. The number of nitrogens with zero attached hydrogens (tertiary/aromatic N) is 3. The number of benzene rings is 1. The van der Waals surface area contributed by atoms with Crippen molar-refractivity contribution in [3.63, 3.8) is 0 Å². The van der Waals surface area contributed by atoms with E-state index in [4.69, 9.17) is 16.7 Å². The number of aryl methyl sites for hydroxylation is 1. The molecular formula is C22H24ClF2N3O2. The van der Waals surface area contributed by atoms with Gasteiger partial charge in [-0.25, -0.2) is 18.7 Å². The Morgan fingerprint density at radius 1 is 1.17 bits per heavy atom. The number of fused-ring (bicyclic) bond motifs is 1. The molecule has 1 aliphatic heterocycles. The zero-order chi connectivity index (χ0) is 21.3. The third-order valence-electron chi connectivity index (χ3n) is 6.10. The number of anilines is 1. The molecule has 0 radical (unpaired) electrons. The first-order valence-electron chi connectivity index (χ1n) is 10.4. The Balaban J connectivity index is 1.56. The summed E-state index contributed by atoms with van der Waals surface area (Å²) in [6, 6.07) is 2.75. The third-order valence-corrected chi connectivity index (χ3v) is 6.40. The smallest absolute Gasteiger partial charge is 0.303 e. The van der Waals surface area contributed by atoms with E-state index < -0.39 is 17.6 Å². The molecule has 1 saturated heterocycles. The molecular weight excluding hydrogens is 412 g/mol. The van der Waals surface area contributed by atoms with Gasteiger partial charge in [0.05, 0.1) is 10.6 Å². The van der Waals surface area contributed by atoms with Gasteiger partial charge < -0.3 is 10.0 Å². The second-order valence-corrected chi connectivity index (χ2v) is 8.50. The summed E-state index contributed by atoms with van der Waals surface area (Å²) in [6.45, 7) is 1.64. The van der Waals surface area contributed by atoms with Crippen molar-refractivity contribution in [1.82, 2.24) is 9.97 Å². The fourth-order valence-corrected chi connectivity index (χ4v) is 4.61. The van der Waals surface area contributed by atoms with E-state index in [-0.39, 0.29) is 22.8 Å². The Hall–Kier alpha value is -2.28. The van der Waals surface area contributed by atoms with Crippen molar-refractivity contribution in [3.05, 3.63) is 40.0 Å². The number of aliphatic carboxylic acids is 1. The highest BCUT2D eigenvalue weighted by Gasteiger charge is 2.28. The van der Waals surface area contributed by atoms with E-state index in [0.29, 0.717) is 12.3 Å². The Bertz CT molecular complexity index is 962. The minimum Gasteiger partial charge on any atom is -0.481 e. The lowest BCUT2D eigenvalue weighted by Gasteiger charge is -2.34. The number of carbonyl (C=O) groups is 1. The van der Waals surface area contributed by atoms with Crippen molar-refractivity contribution in [2.75, 3.05) is 18.0 Å². The van der Waals surface area contributed by atoms with Gasteiger partial charge in [-0.15, -0.1) is 0 Å². The highest BCUT2D eigenvalue weighted by atomic mass is 35.5. The number of piperidine rings is 1. The number of hydrogen-bond acceptors (Lipinski definition) is 4. The van der Waals surface area contributed by atoms with Crippen LogP contribution < -0.4 is 4.90 Å². The van der Waals surface area contributed by atoms with Crippen LogP contribution in [0, 0.1) is 17.6 Å². The summed E-state index contributed by atoms with van der Waals surface area (Å²) in [4.78, 5) is 22.1. The molecule has 1 aliphatic carbocycles. The van der Waals surface area contributed by atoms with Gasteiger partial charge >= 0.3 is 5.97 Å². The molecule has 2 heterocycles. The molecule has 1 aromatic heterocycles. The van der Waals surface area contributed by atoms with Crippen LogP contribution in [0.4, 0.5) is 14.6 Å². The number of carboxylic acid groups (broad SMARTS) is 1. The van der Waals surface area contributed by atoms with E-state index in [1.807, 2.05) is 0 Å². The summed E-state index contributed by atoms with van der Waals surface area (Å²) in [5, 5.41) is 8.55. The highest BCUT2D eigenvalue weighted by molar-refractivity contribution is 6.30. The van der Waals surface area contributed by atoms with Gasteiger partial charge in [0.25, 0.3) is 0 Å². The largest absolute Gasteiger partial charge is 0.481 e. The summed E-state index contributed by atoms with van der Waals surface area (Å²) < 4.78 is 28.5. The van der Waals surface area contributed by atoms with Gasteiger partial charge in [0.15, 0.2) is 17.5 Å². The van der Waals surface area contributed by atoms with Gasteiger partial charge in [-0.1, -0.05) is 11.6 Å². The molecule has 0 spiro atoms. The number of carboxylic acids is 1. The van der Waals surface area contributed by atoms with Crippen LogP contribution in [-0.2, 0) is 17.6 Å². The standard InChI is InChI=1S/C22H24ClF2N3O2/c23-16-8-7-15(19(24)20(16)25)21-26-17-5-2-4-14(17)22(27-21)28-11-9-13(10-12-28)3-1-6-18(29)30/h7-8,13H,1-6,9-12H2,(H,29,30). The van der Waals surface area contributed by atoms with Crippen molar-refractivity contribution in [2.24, 2.45) is 5.92 Å². The topological polar surface area (TPSA) is 66.3 Å². The molecule has 160 valence electrons. The van der Waals surface area contributed by atoms with Gasteiger partial charge in [-0.2, -0.15) is 0 Å². The maximum absolute atomic E-state index is 14.5. The van der Waals surface area contributed by atoms with Crippen LogP contribution in [0.1, 0.15) is 49.8 Å². The van der Waals surface area contributed by atoms with Gasteiger partial charge in [-0.3, -0.25) is 4.79 Å². The van der Waals surface area contributed by atoms with Crippen LogP contribution >= 0.6 is 11.6 Å². The van der Waals surface area contributed by atoms with E-state index in [9.17, 15) is 13.6 Å². The summed E-state index contributed by atoms with van der Waals surface area (Å²) in [6.07, 6.45) is 6.45. The molecule has 4 rings (SSSR count). The van der Waals surface area contributed by atoms with Crippen LogP contribution in [0.15, 0.2) is 12.1 Å². The van der Waals surface area contributed by atoms with Gasteiger partial charge in [0.1, 0.15) is 5.82 Å². The number of hydrogen-bond donors (Lipinski definition) is 1. The molecule has 2 aromatic rings. The second kappa shape index (κ2) is 8.84. The Morgan fingerprint density at radius 2 is 1.93 bits per heavy atom. The van der Waals surface area contributed by atoms with Crippen molar-refractivity contribution in [2.45, 2.75) is 51.4 Å². The lowest BCUT2D eigenvalue weighted by atomic mass is 9.91. The minimum absolute atomic E-state index is 0.0245. The molecule has 1 aromatic carbocycles. The molecule has 0 bridgehead atoms. The minimum atomic E-state index is -1.08. The fraction of sp³-hybridized carbons (Fsp3) is 0.500. The summed E-state index contributed by atoms with van der Waals surface area (Å²) in [5.74, 6) is -1.32. The number of rotatable bonds is 6. The predicted molar refractivity (Wildman–Crippen MR) is 111 cm³/mol. The first-order chi connectivity index (χ1) is 14.4. The molecule has 1 N–H and O–H groups in total. The van der Waals surface area contributed by atoms with E-state index in [2.05, 4.69) is 14.9 Å². The number of halogens is 3. The third kappa shape index (κ3) is 4.26. The zero-order valence-electron chi connectivity index (χ0n) is 16.6. The van der Waals surface area contributed by atoms with Gasteiger partial charge in [-0.05, 0) is 63.0 Å². The lowest BCUT2D eigenvalue weighted by Crippen LogP contribution is -2.35. The molecule has 0 amide bonds. The van der Waals surface area contributed by atoms with E-state index in [1.54, 1.807) is 0 Å². The first-order valence-corrected chi connectivity index (χ1v) is 10.8. The van der Waals surface area contributed by atoms with Crippen LogP contribution in [-0.4, -0.2) is 34.1 Å². The molecule has 0 saturated carbocycles. The van der Waals surface area contributed by atoms with E-state index >= 15 is 0 Å². The van der Waals surface area contributed by atoms with Gasteiger partial charge in [0.2, 0.25) is 0 Å². The Kier molecular flexibility index (Phi) is 6.18. The molecule has 30 heavy (non-hydrogen) atoms. The Labute approximate surface area is 179 Å². The quantitative estimate of drug-likeness (QED) is 0.644. The molecule has 2 aliphatic rings. The average Bonchev–Trinajstić information content (AvgIpc) is 3.20. The normalized spacial score (nSPS) is 16.7. The molecule has 5 nitrogen and oxygen atoms in total. The van der Waals surface area contributed by atoms with Crippen LogP contribution in [0.25, 0.3) is 11.4 Å². The second-order valence-electron chi connectivity index (χ2n) is 8.09. The molecule has 0 atom stereocenters. The van der Waals surface area contributed by atoms with Crippen LogP contribution in [0.5, 0.6) is 0 Å². The molecule has 8 heteroatoms. The van der Waals surface area contributed by atoms with Crippen molar-refractivity contribution >= 4 is 23.4 Å². The highest BCUT2D eigenvalue weighted by Crippen LogP contribution is 2.35. The Morgan fingerprint density at radius 3 is 2.67 bits per heavy atom. The summed E-state index contributed by atoms with van der Waals surface area (Å²) in [7, 11) is 0. The summed E-state index contributed by atoms with van der Waals surface area (Å²) in [5.41, 5.74) is 2.04. The molecule has 1 fully saturated rings. The first kappa shape index (κ1) is 21.0. The van der Waals surface area contributed by atoms with Crippen molar-refractivity contribution in [1.29, 1.82) is 0 Å². The van der Waals surface area contributed by atoms with Crippen molar-refractivity contribution in [3.8, 4) is 11.4 Å². The van der Waals surface area contributed by atoms with Gasteiger partial charge in [0, 0.05) is 30.8 Å². The predicted octanol–water partition coefficient (Wildman–Crippen LogP) is 5.04. The fourth-order valence-electron chi connectivity index (χ4n) is 4.47. The monoisotopic (exact) mass is 435 g/mol. The lowest BCUT2D eigenvalue weighted by molar-refractivity contribution is -0.137. The zero-order valence-corrected chi connectivity index (χ0v) is 17.4. The molecule has 0 unspecified atom stereocenters. The van der Waals surface area contributed by atoms with E-state index in [1.165, 1.54) is 12.1 Å². The van der Waals surface area contributed by atoms with Crippen LogP contribution in [0.2, 0.25) is 5.02 Å². The van der Waals surface area contributed by atoms with E-state index in [0.717, 1.165) is 68.7 Å². The number of aromatic nitrogens is 2. The maximum Gasteiger partial charge on any atom is 0.303 e. The van der Waals surface area contributed by atoms with Crippen LogP contribution in [0.3, 0.4) is 0 Å². The summed E-state index contributed by atoms with van der Waals surface area (Å²) >= 11 is 5.69. The average molecular weight is 436 g/mol. The van der Waals surface area contributed by atoms with Crippen molar-refractivity contribution < 1.29 is 18.7 Å².